The molecule has 0 radical (unpaired) electrons. The van der Waals surface area contributed by atoms with E-state index in [0.717, 1.165) is 5.39 Å². The number of piperazine rings is 1. The van der Waals surface area contributed by atoms with Gasteiger partial charge in [0.2, 0.25) is 10.0 Å². The molecule has 0 unspecified atom stereocenters. The van der Waals surface area contributed by atoms with Crippen LogP contribution in [0.25, 0.3) is 10.8 Å². The van der Waals surface area contributed by atoms with Crippen molar-refractivity contribution in [3.05, 3.63) is 36.4 Å². The van der Waals surface area contributed by atoms with Crippen LogP contribution in [0.15, 0.2) is 41.3 Å². The summed E-state index contributed by atoms with van der Waals surface area (Å²) in [7, 11) is -2.11. The topological polar surface area (TPSA) is 79.4 Å². The van der Waals surface area contributed by atoms with Gasteiger partial charge in [-0.05, 0) is 12.1 Å². The van der Waals surface area contributed by atoms with E-state index >= 15 is 0 Å². The third-order valence-electron chi connectivity index (χ3n) is 5.47. The highest BCUT2D eigenvalue weighted by atomic mass is 32.2. The summed E-state index contributed by atoms with van der Waals surface area (Å²) in [4.78, 5) is 16.4. The van der Waals surface area contributed by atoms with E-state index in [1.165, 1.54) is 4.31 Å². The molecule has 156 valence electrons. The number of hydrogen-bond donors (Lipinski definition) is 0. The Morgan fingerprint density at radius 2 is 1.52 bits per heavy atom. The standard InChI is InChI=1S/C20H25N3O5S/c1-27-18-6-7-19(17-5-3-2-4-16(17)18)29(25,26)23-10-8-21(9-11-23)20(24)22-12-14-28-15-13-22/h2-7H,8-15H2,1H3. The average molecular weight is 420 g/mol. The Morgan fingerprint density at radius 3 is 2.17 bits per heavy atom. The number of fused-ring (bicyclic) bond motifs is 1. The zero-order valence-corrected chi connectivity index (χ0v) is 17.2. The Kier molecular flexibility index (Phi) is 5.62. The van der Waals surface area contributed by atoms with Crippen molar-refractivity contribution in [2.75, 3.05) is 59.6 Å². The molecule has 2 aliphatic rings. The Morgan fingerprint density at radius 1 is 0.897 bits per heavy atom. The number of rotatable bonds is 3. The van der Waals surface area contributed by atoms with Gasteiger partial charge >= 0.3 is 6.03 Å². The highest BCUT2D eigenvalue weighted by Crippen LogP contribution is 2.32. The van der Waals surface area contributed by atoms with Crippen LogP contribution < -0.4 is 4.74 Å². The van der Waals surface area contributed by atoms with E-state index in [2.05, 4.69) is 0 Å². The molecule has 2 saturated heterocycles. The second-order valence-electron chi connectivity index (χ2n) is 7.08. The van der Waals surface area contributed by atoms with Crippen LogP contribution in [0.5, 0.6) is 5.75 Å². The SMILES string of the molecule is COc1ccc(S(=O)(=O)N2CCN(C(=O)N3CCOCC3)CC2)c2ccccc12. The highest BCUT2D eigenvalue weighted by molar-refractivity contribution is 7.89. The van der Waals surface area contributed by atoms with Gasteiger partial charge in [-0.2, -0.15) is 4.31 Å². The molecule has 2 amide bonds. The maximum atomic E-state index is 13.3. The molecule has 2 aromatic carbocycles. The van der Waals surface area contributed by atoms with Crippen LogP contribution in [0, 0.1) is 0 Å². The van der Waals surface area contributed by atoms with Gasteiger partial charge in [-0.3, -0.25) is 0 Å². The molecule has 0 saturated carbocycles. The average Bonchev–Trinajstić information content (AvgIpc) is 2.78. The van der Waals surface area contributed by atoms with Gasteiger partial charge in [-0.25, -0.2) is 13.2 Å². The smallest absolute Gasteiger partial charge is 0.320 e. The fraction of sp³-hybridized carbons (Fsp3) is 0.450. The molecule has 0 bridgehead atoms. The minimum atomic E-state index is -3.68. The first-order valence-corrected chi connectivity index (χ1v) is 11.1. The molecule has 0 aromatic heterocycles. The largest absolute Gasteiger partial charge is 0.496 e. The third kappa shape index (κ3) is 3.77. The van der Waals surface area contributed by atoms with Crippen molar-refractivity contribution < 1.29 is 22.7 Å². The van der Waals surface area contributed by atoms with Gasteiger partial charge in [-0.15, -0.1) is 0 Å². The molecule has 0 N–H and O–H groups in total. The fourth-order valence-corrected chi connectivity index (χ4v) is 5.48. The number of sulfonamides is 1. The molecule has 0 aliphatic carbocycles. The maximum Gasteiger partial charge on any atom is 0.320 e. The molecule has 0 spiro atoms. The van der Waals surface area contributed by atoms with Crippen molar-refractivity contribution in [3.8, 4) is 5.75 Å². The van der Waals surface area contributed by atoms with E-state index in [9.17, 15) is 13.2 Å². The van der Waals surface area contributed by atoms with Gasteiger partial charge < -0.3 is 19.3 Å². The number of benzene rings is 2. The minimum Gasteiger partial charge on any atom is -0.496 e. The molecule has 29 heavy (non-hydrogen) atoms. The second kappa shape index (κ2) is 8.17. The van der Waals surface area contributed by atoms with Crippen molar-refractivity contribution in [2.24, 2.45) is 0 Å². The zero-order chi connectivity index (χ0) is 20.4. The van der Waals surface area contributed by atoms with Crippen molar-refractivity contribution in [2.45, 2.75) is 4.90 Å². The van der Waals surface area contributed by atoms with Crippen LogP contribution in [0.3, 0.4) is 0 Å². The first-order chi connectivity index (χ1) is 14.0. The highest BCUT2D eigenvalue weighted by Gasteiger charge is 2.33. The summed E-state index contributed by atoms with van der Waals surface area (Å²) >= 11 is 0. The van der Waals surface area contributed by atoms with E-state index < -0.39 is 10.0 Å². The molecule has 2 aromatic rings. The molecular formula is C20H25N3O5S. The van der Waals surface area contributed by atoms with Gasteiger partial charge in [0, 0.05) is 50.0 Å². The predicted octanol–water partition coefficient (Wildman–Crippen LogP) is 1.61. The Bertz CT molecular complexity index is 996. The number of morpholine rings is 1. The summed E-state index contributed by atoms with van der Waals surface area (Å²) in [6, 6.07) is 10.6. The van der Waals surface area contributed by atoms with Gasteiger partial charge in [-0.1, -0.05) is 24.3 Å². The van der Waals surface area contributed by atoms with Gasteiger partial charge in [0.15, 0.2) is 0 Å². The lowest BCUT2D eigenvalue weighted by atomic mass is 10.1. The van der Waals surface area contributed by atoms with Crippen molar-refractivity contribution >= 4 is 26.8 Å². The monoisotopic (exact) mass is 419 g/mol. The van der Waals surface area contributed by atoms with Gasteiger partial charge in [0.1, 0.15) is 5.75 Å². The summed E-state index contributed by atoms with van der Waals surface area (Å²) < 4.78 is 38.8. The lowest BCUT2D eigenvalue weighted by molar-refractivity contribution is 0.0405. The molecule has 2 fully saturated rings. The summed E-state index contributed by atoms with van der Waals surface area (Å²) in [6.45, 7) is 3.56. The zero-order valence-electron chi connectivity index (χ0n) is 16.4. The maximum absolute atomic E-state index is 13.3. The van der Waals surface area contributed by atoms with E-state index in [1.807, 2.05) is 18.2 Å². The third-order valence-corrected chi connectivity index (χ3v) is 7.43. The molecule has 8 nitrogen and oxygen atoms in total. The Balaban J connectivity index is 1.52. The van der Waals surface area contributed by atoms with Crippen molar-refractivity contribution in [1.29, 1.82) is 0 Å². The minimum absolute atomic E-state index is 0.0414. The quantitative estimate of drug-likeness (QED) is 0.755. The Hall–Kier alpha value is -2.36. The fourth-order valence-electron chi connectivity index (χ4n) is 3.86. The van der Waals surface area contributed by atoms with Crippen LogP contribution in [-0.4, -0.2) is 88.1 Å². The molecule has 0 atom stereocenters. The number of carbonyl (C=O) groups excluding carboxylic acids is 1. The summed E-state index contributed by atoms with van der Waals surface area (Å²) in [5.74, 6) is 0.639. The number of ether oxygens (including phenoxy) is 2. The van der Waals surface area contributed by atoms with Crippen LogP contribution in [0.2, 0.25) is 0 Å². The molecule has 2 aliphatic heterocycles. The molecule has 4 rings (SSSR count). The number of nitrogens with zero attached hydrogens (tertiary/aromatic N) is 3. The predicted molar refractivity (Wildman–Crippen MR) is 109 cm³/mol. The lowest BCUT2D eigenvalue weighted by Crippen LogP contribution is -2.55. The lowest BCUT2D eigenvalue weighted by Gasteiger charge is -2.38. The summed E-state index contributed by atoms with van der Waals surface area (Å²) in [6.07, 6.45) is 0. The van der Waals surface area contributed by atoms with Crippen molar-refractivity contribution in [3.63, 3.8) is 0 Å². The summed E-state index contributed by atoms with van der Waals surface area (Å²) in [5, 5.41) is 1.40. The first-order valence-electron chi connectivity index (χ1n) is 9.70. The Labute approximate surface area is 170 Å². The number of amides is 2. The number of urea groups is 1. The number of hydrogen-bond acceptors (Lipinski definition) is 5. The van der Waals surface area contributed by atoms with Crippen LogP contribution >= 0.6 is 0 Å². The van der Waals surface area contributed by atoms with Crippen LogP contribution in [0.1, 0.15) is 0 Å². The van der Waals surface area contributed by atoms with Crippen LogP contribution in [0.4, 0.5) is 4.79 Å². The molecular weight excluding hydrogens is 394 g/mol. The summed E-state index contributed by atoms with van der Waals surface area (Å²) in [5.41, 5.74) is 0. The number of carbonyl (C=O) groups is 1. The van der Waals surface area contributed by atoms with Gasteiger partial charge in [0.05, 0.1) is 25.2 Å². The number of methoxy groups -OCH3 is 1. The van der Waals surface area contributed by atoms with E-state index in [4.69, 9.17) is 9.47 Å². The van der Waals surface area contributed by atoms with Crippen LogP contribution in [-0.2, 0) is 14.8 Å². The second-order valence-corrected chi connectivity index (χ2v) is 8.99. The van der Waals surface area contributed by atoms with E-state index in [-0.39, 0.29) is 24.0 Å². The van der Waals surface area contributed by atoms with Gasteiger partial charge in [0.25, 0.3) is 0 Å². The van der Waals surface area contributed by atoms with E-state index in [1.54, 1.807) is 35.1 Å². The van der Waals surface area contributed by atoms with E-state index in [0.29, 0.717) is 50.5 Å². The molecule has 2 heterocycles. The normalized spacial score (nSPS) is 18.8. The van der Waals surface area contributed by atoms with Crippen molar-refractivity contribution in [1.82, 2.24) is 14.1 Å². The molecule has 9 heteroatoms. The first kappa shape index (κ1) is 19.9.